The van der Waals surface area contributed by atoms with Gasteiger partial charge in [-0.05, 0) is 33.1 Å². The summed E-state index contributed by atoms with van der Waals surface area (Å²) in [7, 11) is 1.40. The number of carboxylic acid groups (broad SMARTS) is 1. The predicted octanol–water partition coefficient (Wildman–Crippen LogP) is 0.504. The van der Waals surface area contributed by atoms with Crippen LogP contribution < -0.4 is 5.32 Å². The molecule has 0 aromatic rings. The number of carbonyl (C=O) groups is 3. The van der Waals surface area contributed by atoms with E-state index >= 15 is 0 Å². The Morgan fingerprint density at radius 1 is 1.20 bits per heavy atom. The molecule has 114 valence electrons. The number of amides is 3. The van der Waals surface area contributed by atoms with Gasteiger partial charge in [-0.15, -0.1) is 0 Å². The minimum atomic E-state index is -1.32. The van der Waals surface area contributed by atoms with Crippen LogP contribution in [0.4, 0.5) is 4.79 Å². The van der Waals surface area contributed by atoms with Gasteiger partial charge < -0.3 is 20.2 Å². The molecule has 2 N–H and O–H groups in total. The van der Waals surface area contributed by atoms with E-state index < -0.39 is 17.5 Å². The lowest BCUT2D eigenvalue weighted by Gasteiger charge is -2.32. The number of carboxylic acids is 1. The zero-order chi connectivity index (χ0) is 15.3. The van der Waals surface area contributed by atoms with Crippen molar-refractivity contribution < 1.29 is 19.5 Å². The number of piperidine rings is 1. The zero-order valence-electron chi connectivity index (χ0n) is 12.3. The highest BCUT2D eigenvalue weighted by Crippen LogP contribution is 2.12. The number of aliphatic carboxylic acids is 1. The van der Waals surface area contributed by atoms with Crippen LogP contribution in [0.5, 0.6) is 0 Å². The van der Waals surface area contributed by atoms with Gasteiger partial charge in [0.25, 0.3) is 0 Å². The molecule has 20 heavy (non-hydrogen) atoms. The van der Waals surface area contributed by atoms with Gasteiger partial charge >= 0.3 is 12.0 Å². The van der Waals surface area contributed by atoms with Gasteiger partial charge in [0.15, 0.2) is 0 Å². The summed E-state index contributed by atoms with van der Waals surface area (Å²) in [5.74, 6) is -1.22. The highest BCUT2D eigenvalue weighted by atomic mass is 16.4. The van der Waals surface area contributed by atoms with Gasteiger partial charge in [0.05, 0.1) is 6.54 Å². The van der Waals surface area contributed by atoms with E-state index in [-0.39, 0.29) is 12.5 Å². The summed E-state index contributed by atoms with van der Waals surface area (Å²) in [6, 6.07) is -0.567. The summed E-state index contributed by atoms with van der Waals surface area (Å²) >= 11 is 0. The normalized spacial score (nSPS) is 15.7. The third-order valence-electron chi connectivity index (χ3n) is 3.77. The van der Waals surface area contributed by atoms with Crippen LogP contribution in [0.2, 0.25) is 0 Å². The lowest BCUT2D eigenvalue weighted by Crippen LogP contribution is -2.55. The van der Waals surface area contributed by atoms with Crippen molar-refractivity contribution in [3.05, 3.63) is 0 Å². The Labute approximate surface area is 118 Å². The van der Waals surface area contributed by atoms with Crippen molar-refractivity contribution in [2.75, 3.05) is 26.7 Å². The molecule has 7 heteroatoms. The number of rotatable bonds is 4. The minimum Gasteiger partial charge on any atom is -0.480 e. The van der Waals surface area contributed by atoms with E-state index in [4.69, 9.17) is 5.11 Å². The molecule has 1 aliphatic heterocycles. The van der Waals surface area contributed by atoms with E-state index in [0.717, 1.165) is 37.3 Å². The fourth-order valence-corrected chi connectivity index (χ4v) is 1.92. The molecule has 1 heterocycles. The standard InChI is InChI=1S/C13H23N3O4/c1-13(2,11(18)19)15(3)12(20)14-9-10(17)16-7-5-4-6-8-16/h4-9H2,1-3H3,(H,14,20)(H,18,19). The van der Waals surface area contributed by atoms with Crippen LogP contribution in [-0.4, -0.2) is 65.0 Å². The molecule has 0 unspecified atom stereocenters. The first-order valence-corrected chi connectivity index (χ1v) is 6.79. The summed E-state index contributed by atoms with van der Waals surface area (Å²) in [5, 5.41) is 11.5. The Balaban J connectivity index is 2.46. The summed E-state index contributed by atoms with van der Waals surface area (Å²) < 4.78 is 0. The molecular weight excluding hydrogens is 262 g/mol. The maximum Gasteiger partial charge on any atom is 0.329 e. The second kappa shape index (κ2) is 6.58. The van der Waals surface area contributed by atoms with Crippen molar-refractivity contribution in [1.29, 1.82) is 0 Å². The number of likely N-dealkylation sites (N-methyl/N-ethyl adjacent to an activating group) is 1. The van der Waals surface area contributed by atoms with Gasteiger partial charge in [0.1, 0.15) is 5.54 Å². The van der Waals surface area contributed by atoms with Gasteiger partial charge in [0.2, 0.25) is 5.91 Å². The quantitative estimate of drug-likeness (QED) is 0.787. The largest absolute Gasteiger partial charge is 0.480 e. The van der Waals surface area contributed by atoms with Crippen LogP contribution in [0.15, 0.2) is 0 Å². The Hall–Kier alpha value is -1.79. The zero-order valence-corrected chi connectivity index (χ0v) is 12.3. The van der Waals surface area contributed by atoms with Crippen LogP contribution in [0, 0.1) is 0 Å². The Morgan fingerprint density at radius 2 is 1.75 bits per heavy atom. The lowest BCUT2D eigenvalue weighted by molar-refractivity contribution is -0.146. The van der Waals surface area contributed by atoms with Crippen molar-refractivity contribution in [2.24, 2.45) is 0 Å². The third-order valence-corrected chi connectivity index (χ3v) is 3.77. The number of nitrogens with one attached hydrogen (secondary N) is 1. The first-order valence-electron chi connectivity index (χ1n) is 6.79. The van der Waals surface area contributed by atoms with E-state index in [2.05, 4.69) is 5.32 Å². The van der Waals surface area contributed by atoms with E-state index in [9.17, 15) is 14.4 Å². The lowest BCUT2D eigenvalue weighted by atomic mass is 10.1. The maximum atomic E-state index is 11.9. The number of urea groups is 1. The molecular formula is C13H23N3O4. The van der Waals surface area contributed by atoms with E-state index in [1.165, 1.54) is 20.9 Å². The Morgan fingerprint density at radius 3 is 2.25 bits per heavy atom. The van der Waals surface area contributed by atoms with Gasteiger partial charge in [-0.3, -0.25) is 4.79 Å². The second-order valence-corrected chi connectivity index (χ2v) is 5.52. The van der Waals surface area contributed by atoms with Crippen molar-refractivity contribution >= 4 is 17.9 Å². The van der Waals surface area contributed by atoms with Crippen LogP contribution in [-0.2, 0) is 9.59 Å². The van der Waals surface area contributed by atoms with Crippen molar-refractivity contribution in [1.82, 2.24) is 15.1 Å². The van der Waals surface area contributed by atoms with Gasteiger partial charge in [0, 0.05) is 20.1 Å². The average Bonchev–Trinajstić information content (AvgIpc) is 2.44. The summed E-state index contributed by atoms with van der Waals surface area (Å²) in [4.78, 5) is 37.6. The van der Waals surface area contributed by atoms with E-state index in [0.29, 0.717) is 0 Å². The van der Waals surface area contributed by atoms with E-state index in [1.807, 2.05) is 0 Å². The molecule has 0 bridgehead atoms. The molecule has 0 saturated carbocycles. The molecule has 3 amide bonds. The van der Waals surface area contributed by atoms with Crippen LogP contribution in [0.1, 0.15) is 33.1 Å². The van der Waals surface area contributed by atoms with Gasteiger partial charge in [-0.2, -0.15) is 0 Å². The van der Waals surface area contributed by atoms with Crippen molar-refractivity contribution in [3.63, 3.8) is 0 Å². The highest BCUT2D eigenvalue weighted by Gasteiger charge is 2.35. The van der Waals surface area contributed by atoms with Gasteiger partial charge in [-0.25, -0.2) is 9.59 Å². The molecule has 0 spiro atoms. The molecule has 1 fully saturated rings. The first-order chi connectivity index (χ1) is 9.26. The highest BCUT2D eigenvalue weighted by molar-refractivity contribution is 5.88. The molecule has 1 rings (SSSR count). The van der Waals surface area contributed by atoms with E-state index in [1.54, 1.807) is 4.90 Å². The topological polar surface area (TPSA) is 90.0 Å². The molecule has 0 aromatic carbocycles. The molecule has 0 radical (unpaired) electrons. The number of carbonyl (C=O) groups excluding carboxylic acids is 2. The minimum absolute atomic E-state index is 0.0983. The first kappa shape index (κ1) is 16.3. The maximum absolute atomic E-state index is 11.9. The fraction of sp³-hybridized carbons (Fsp3) is 0.769. The summed E-state index contributed by atoms with van der Waals surface area (Å²) in [6.45, 7) is 4.22. The second-order valence-electron chi connectivity index (χ2n) is 5.52. The number of likely N-dealkylation sites (tertiary alicyclic amines) is 1. The van der Waals surface area contributed by atoms with Gasteiger partial charge in [-0.1, -0.05) is 0 Å². The monoisotopic (exact) mass is 285 g/mol. The Bertz CT molecular complexity index is 389. The SMILES string of the molecule is CN(C(=O)NCC(=O)N1CCCCC1)C(C)(C)C(=O)O. The van der Waals surface area contributed by atoms with Crippen LogP contribution in [0.3, 0.4) is 0 Å². The van der Waals surface area contributed by atoms with Crippen LogP contribution >= 0.6 is 0 Å². The smallest absolute Gasteiger partial charge is 0.329 e. The third kappa shape index (κ3) is 3.85. The summed E-state index contributed by atoms with van der Waals surface area (Å²) in [6.07, 6.45) is 3.11. The Kier molecular flexibility index (Phi) is 5.35. The fourth-order valence-electron chi connectivity index (χ4n) is 1.92. The predicted molar refractivity (Wildman–Crippen MR) is 73.3 cm³/mol. The van der Waals surface area contributed by atoms with Crippen molar-refractivity contribution in [2.45, 2.75) is 38.6 Å². The number of hydrogen-bond donors (Lipinski definition) is 2. The molecule has 1 aliphatic rings. The molecule has 7 nitrogen and oxygen atoms in total. The summed E-state index contributed by atoms with van der Waals surface area (Å²) in [5.41, 5.74) is -1.32. The van der Waals surface area contributed by atoms with Crippen molar-refractivity contribution in [3.8, 4) is 0 Å². The average molecular weight is 285 g/mol. The molecule has 0 aromatic heterocycles. The number of nitrogens with zero attached hydrogens (tertiary/aromatic N) is 2. The molecule has 1 saturated heterocycles. The number of hydrogen-bond acceptors (Lipinski definition) is 3. The molecule has 0 atom stereocenters. The van der Waals surface area contributed by atoms with Crippen LogP contribution in [0.25, 0.3) is 0 Å². The molecule has 0 aliphatic carbocycles.